The van der Waals surface area contributed by atoms with Crippen molar-refractivity contribution >= 4 is 5.91 Å². The van der Waals surface area contributed by atoms with Crippen LogP contribution in [0.4, 0.5) is 4.39 Å². The van der Waals surface area contributed by atoms with Crippen molar-refractivity contribution in [2.24, 2.45) is 5.73 Å². The minimum absolute atomic E-state index is 0.147. The topological polar surface area (TPSA) is 55.1 Å². The van der Waals surface area contributed by atoms with Gasteiger partial charge in [-0.1, -0.05) is 12.1 Å². The molecule has 0 heterocycles. The highest BCUT2D eigenvalue weighted by Crippen LogP contribution is 2.17. The first-order chi connectivity index (χ1) is 7.85. The van der Waals surface area contributed by atoms with Gasteiger partial charge < -0.3 is 11.1 Å². The van der Waals surface area contributed by atoms with Gasteiger partial charge in [0.2, 0.25) is 5.91 Å². The Bertz CT molecular complexity index is 404. The number of carbonyl (C=O) groups excluding carboxylic acids is 1. The summed E-state index contributed by atoms with van der Waals surface area (Å²) in [5.74, 6) is -0.872. The van der Waals surface area contributed by atoms with E-state index in [1.807, 2.05) is 13.8 Å². The molecule has 0 aliphatic heterocycles. The van der Waals surface area contributed by atoms with Crippen LogP contribution in [0.3, 0.4) is 0 Å². The second-order valence-corrected chi connectivity index (χ2v) is 4.85. The highest BCUT2D eigenvalue weighted by atomic mass is 19.1. The number of nitrogens with one attached hydrogen (secondary N) is 1. The van der Waals surface area contributed by atoms with E-state index in [0.29, 0.717) is 12.1 Å². The first-order valence-electron chi connectivity index (χ1n) is 5.63. The molecule has 0 saturated carbocycles. The van der Waals surface area contributed by atoms with Crippen molar-refractivity contribution in [3.05, 3.63) is 35.6 Å². The van der Waals surface area contributed by atoms with Crippen LogP contribution in [0.1, 0.15) is 32.3 Å². The van der Waals surface area contributed by atoms with E-state index in [4.69, 9.17) is 5.73 Å². The molecule has 1 atom stereocenters. The summed E-state index contributed by atoms with van der Waals surface area (Å²) in [5.41, 5.74) is 5.76. The van der Waals surface area contributed by atoms with Gasteiger partial charge >= 0.3 is 0 Å². The quantitative estimate of drug-likeness (QED) is 0.840. The van der Waals surface area contributed by atoms with E-state index < -0.39 is 11.5 Å². The predicted octanol–water partition coefficient (Wildman–Crippen LogP) is 1.78. The molecule has 1 unspecified atom stereocenters. The lowest BCUT2D eigenvalue weighted by molar-refractivity contribution is -0.123. The molecule has 0 fully saturated rings. The van der Waals surface area contributed by atoms with E-state index in [9.17, 15) is 9.18 Å². The summed E-state index contributed by atoms with van der Waals surface area (Å²) in [6.07, 6.45) is 0. The maximum absolute atomic E-state index is 13.0. The van der Waals surface area contributed by atoms with Gasteiger partial charge in [0.15, 0.2) is 0 Å². The average molecular weight is 238 g/mol. The molecule has 3 nitrogen and oxygen atoms in total. The van der Waals surface area contributed by atoms with Crippen LogP contribution in [0.25, 0.3) is 0 Å². The van der Waals surface area contributed by atoms with Crippen LogP contribution in [-0.4, -0.2) is 18.0 Å². The fourth-order valence-electron chi connectivity index (χ4n) is 1.42. The first kappa shape index (κ1) is 13.6. The molecule has 0 saturated heterocycles. The number of hydrogen-bond donors (Lipinski definition) is 2. The maximum Gasteiger partial charge on any atom is 0.227 e. The third-order valence-corrected chi connectivity index (χ3v) is 2.71. The van der Waals surface area contributed by atoms with Gasteiger partial charge in [0.05, 0.1) is 5.92 Å². The summed E-state index contributed by atoms with van der Waals surface area (Å²) >= 11 is 0. The Kier molecular flexibility index (Phi) is 4.23. The highest BCUT2D eigenvalue weighted by Gasteiger charge is 2.23. The Morgan fingerprint density at radius 3 is 2.71 bits per heavy atom. The summed E-state index contributed by atoms with van der Waals surface area (Å²) in [6.45, 7) is 5.80. The molecule has 1 aromatic rings. The summed E-state index contributed by atoms with van der Waals surface area (Å²) in [6, 6.07) is 6.07. The molecule has 94 valence electrons. The smallest absolute Gasteiger partial charge is 0.227 e. The Labute approximate surface area is 101 Å². The van der Waals surface area contributed by atoms with Crippen LogP contribution in [0.5, 0.6) is 0 Å². The SMILES string of the molecule is CC(C(=O)NC(C)(C)CN)c1cccc(F)c1. The zero-order valence-electron chi connectivity index (χ0n) is 10.5. The Morgan fingerprint density at radius 1 is 1.53 bits per heavy atom. The van der Waals surface area contributed by atoms with E-state index in [1.54, 1.807) is 19.1 Å². The Morgan fingerprint density at radius 2 is 2.18 bits per heavy atom. The van der Waals surface area contributed by atoms with Gasteiger partial charge in [-0.2, -0.15) is 0 Å². The Hall–Kier alpha value is -1.42. The number of carbonyl (C=O) groups is 1. The second kappa shape index (κ2) is 5.27. The van der Waals surface area contributed by atoms with Gasteiger partial charge in [0.25, 0.3) is 0 Å². The molecule has 0 spiro atoms. The van der Waals surface area contributed by atoms with E-state index in [2.05, 4.69) is 5.32 Å². The normalized spacial score (nSPS) is 13.2. The molecule has 3 N–H and O–H groups in total. The molecule has 17 heavy (non-hydrogen) atoms. The summed E-state index contributed by atoms with van der Waals surface area (Å²) in [4.78, 5) is 11.9. The van der Waals surface area contributed by atoms with Crippen LogP contribution in [-0.2, 0) is 4.79 Å². The van der Waals surface area contributed by atoms with Crippen LogP contribution in [0.2, 0.25) is 0 Å². The molecule has 4 heteroatoms. The summed E-state index contributed by atoms with van der Waals surface area (Å²) < 4.78 is 13.0. The minimum atomic E-state index is -0.446. The zero-order valence-corrected chi connectivity index (χ0v) is 10.5. The van der Waals surface area contributed by atoms with Gasteiger partial charge in [-0.3, -0.25) is 4.79 Å². The predicted molar refractivity (Wildman–Crippen MR) is 66.1 cm³/mol. The van der Waals surface area contributed by atoms with E-state index in [-0.39, 0.29) is 11.7 Å². The molecule has 1 aromatic carbocycles. The van der Waals surface area contributed by atoms with E-state index >= 15 is 0 Å². The van der Waals surface area contributed by atoms with Crippen molar-refractivity contribution in [1.29, 1.82) is 0 Å². The van der Waals surface area contributed by atoms with Crippen molar-refractivity contribution < 1.29 is 9.18 Å². The van der Waals surface area contributed by atoms with Crippen LogP contribution in [0, 0.1) is 5.82 Å². The molecule has 0 aliphatic rings. The summed E-state index contributed by atoms with van der Waals surface area (Å²) in [5, 5.41) is 2.84. The number of nitrogens with two attached hydrogens (primary N) is 1. The van der Waals surface area contributed by atoms with Crippen LogP contribution < -0.4 is 11.1 Å². The van der Waals surface area contributed by atoms with Crippen molar-refractivity contribution in [3.63, 3.8) is 0 Å². The average Bonchev–Trinajstić information content (AvgIpc) is 2.27. The fourth-order valence-corrected chi connectivity index (χ4v) is 1.42. The largest absolute Gasteiger partial charge is 0.349 e. The van der Waals surface area contributed by atoms with Crippen LogP contribution >= 0.6 is 0 Å². The second-order valence-electron chi connectivity index (χ2n) is 4.85. The third-order valence-electron chi connectivity index (χ3n) is 2.71. The standard InChI is InChI=1S/C13H19FN2O/c1-9(10-5-4-6-11(14)7-10)12(17)16-13(2,3)8-15/h4-7,9H,8,15H2,1-3H3,(H,16,17). The number of amides is 1. The molecular formula is C13H19FN2O. The number of benzene rings is 1. The summed E-state index contributed by atoms with van der Waals surface area (Å²) in [7, 11) is 0. The molecule has 1 amide bonds. The van der Waals surface area contributed by atoms with Gasteiger partial charge in [-0.25, -0.2) is 4.39 Å². The molecule has 0 radical (unpaired) electrons. The van der Waals surface area contributed by atoms with Crippen LogP contribution in [0.15, 0.2) is 24.3 Å². The monoisotopic (exact) mass is 238 g/mol. The van der Waals surface area contributed by atoms with Crippen molar-refractivity contribution in [2.75, 3.05) is 6.54 Å². The van der Waals surface area contributed by atoms with E-state index in [0.717, 1.165) is 0 Å². The van der Waals surface area contributed by atoms with Gasteiger partial charge in [-0.15, -0.1) is 0 Å². The molecule has 0 aromatic heterocycles. The first-order valence-corrected chi connectivity index (χ1v) is 5.63. The maximum atomic E-state index is 13.0. The molecule has 0 aliphatic carbocycles. The van der Waals surface area contributed by atoms with Gasteiger partial charge in [0, 0.05) is 12.1 Å². The van der Waals surface area contributed by atoms with E-state index in [1.165, 1.54) is 12.1 Å². The van der Waals surface area contributed by atoms with Crippen molar-refractivity contribution in [2.45, 2.75) is 32.2 Å². The number of hydrogen-bond acceptors (Lipinski definition) is 2. The lowest BCUT2D eigenvalue weighted by Crippen LogP contribution is -2.50. The lowest BCUT2D eigenvalue weighted by Gasteiger charge is -2.26. The number of rotatable bonds is 4. The third kappa shape index (κ3) is 3.82. The van der Waals surface area contributed by atoms with Crippen molar-refractivity contribution in [1.82, 2.24) is 5.32 Å². The Balaban J connectivity index is 2.77. The fraction of sp³-hybridized carbons (Fsp3) is 0.462. The highest BCUT2D eigenvalue weighted by molar-refractivity contribution is 5.83. The van der Waals surface area contributed by atoms with Gasteiger partial charge in [-0.05, 0) is 38.5 Å². The zero-order chi connectivity index (χ0) is 13.1. The number of halogens is 1. The van der Waals surface area contributed by atoms with Crippen molar-refractivity contribution in [3.8, 4) is 0 Å². The van der Waals surface area contributed by atoms with Gasteiger partial charge in [0.1, 0.15) is 5.82 Å². The molecular weight excluding hydrogens is 219 g/mol. The molecule has 1 rings (SSSR count). The molecule has 0 bridgehead atoms. The minimum Gasteiger partial charge on any atom is -0.349 e. The lowest BCUT2D eigenvalue weighted by atomic mass is 9.98.